The maximum atomic E-state index is 12.9. The van der Waals surface area contributed by atoms with E-state index >= 15 is 0 Å². The standard InChI is InChI=1S/C50H96O12S/c1-3-5-7-9-11-13-15-17-19-20-21-22-23-25-26-28-30-32-34-36-38-45(51)59-40-43(41-60-50-49(55)48(54)47(53)44(62-50)42-63(56,57)58)61-46(52)39-37-35-33-31-29-27-24-18-16-14-12-10-8-6-4-2/h43-44,47-50,53-55H,3-42H2,1-2H3,(H,56,57,58)/t43-,44-,47-,48?,49?,50+/m1/s1. The number of aliphatic hydroxyl groups excluding tert-OH is 3. The largest absolute Gasteiger partial charge is 0.462 e. The summed E-state index contributed by atoms with van der Waals surface area (Å²) in [6.45, 7) is 3.81. The molecule has 1 fully saturated rings. The average molecular weight is 921 g/mol. The Morgan fingerprint density at radius 3 is 1.16 bits per heavy atom. The maximum absolute atomic E-state index is 12.9. The van der Waals surface area contributed by atoms with Crippen molar-refractivity contribution < 1.29 is 56.8 Å². The molecule has 1 aliphatic rings. The molecule has 6 atom stereocenters. The highest BCUT2D eigenvalue weighted by Gasteiger charge is 2.46. The number of carbonyl (C=O) groups excluding carboxylic acids is 2. The van der Waals surface area contributed by atoms with E-state index in [4.69, 9.17) is 18.9 Å². The molecule has 0 amide bonds. The third kappa shape index (κ3) is 35.5. The lowest BCUT2D eigenvalue weighted by Crippen LogP contribution is -2.60. The minimum atomic E-state index is -4.60. The van der Waals surface area contributed by atoms with Crippen LogP contribution in [0.4, 0.5) is 0 Å². The first kappa shape index (κ1) is 59.7. The van der Waals surface area contributed by atoms with E-state index in [1.165, 1.54) is 173 Å². The Kier molecular flexibility index (Phi) is 38.7. The van der Waals surface area contributed by atoms with Gasteiger partial charge in [0.1, 0.15) is 36.8 Å². The molecular formula is C50H96O12S. The maximum Gasteiger partial charge on any atom is 0.306 e. The molecule has 0 aromatic carbocycles. The molecule has 63 heavy (non-hydrogen) atoms. The zero-order valence-electron chi connectivity index (χ0n) is 40.2. The second kappa shape index (κ2) is 40.9. The molecule has 1 heterocycles. The molecule has 0 bridgehead atoms. The van der Waals surface area contributed by atoms with Crippen molar-refractivity contribution in [3.05, 3.63) is 0 Å². The van der Waals surface area contributed by atoms with Crippen LogP contribution in [-0.2, 0) is 38.7 Å². The molecule has 2 unspecified atom stereocenters. The number of hydrogen-bond acceptors (Lipinski definition) is 11. The van der Waals surface area contributed by atoms with E-state index in [1.807, 2.05) is 0 Å². The molecule has 1 saturated heterocycles. The van der Waals surface area contributed by atoms with Crippen LogP contribution in [0.2, 0.25) is 0 Å². The van der Waals surface area contributed by atoms with E-state index in [0.29, 0.717) is 12.8 Å². The van der Waals surface area contributed by atoms with Gasteiger partial charge in [-0.05, 0) is 12.8 Å². The molecule has 374 valence electrons. The first-order valence-corrected chi connectivity index (χ1v) is 27.7. The van der Waals surface area contributed by atoms with Crippen molar-refractivity contribution in [3.8, 4) is 0 Å². The minimum Gasteiger partial charge on any atom is -0.462 e. The molecule has 0 spiro atoms. The van der Waals surface area contributed by atoms with Crippen LogP contribution < -0.4 is 0 Å². The number of unbranched alkanes of at least 4 members (excludes halogenated alkanes) is 33. The van der Waals surface area contributed by atoms with Crippen LogP contribution in [0.5, 0.6) is 0 Å². The lowest BCUT2D eigenvalue weighted by molar-refractivity contribution is -0.297. The summed E-state index contributed by atoms with van der Waals surface area (Å²) in [6, 6.07) is 0. The third-order valence-electron chi connectivity index (χ3n) is 12.4. The fraction of sp³-hybridized carbons (Fsp3) is 0.960. The predicted octanol–water partition coefficient (Wildman–Crippen LogP) is 11.6. The van der Waals surface area contributed by atoms with Crippen LogP contribution >= 0.6 is 0 Å². The lowest BCUT2D eigenvalue weighted by atomic mass is 10.00. The second-order valence-corrected chi connectivity index (χ2v) is 20.1. The third-order valence-corrected chi connectivity index (χ3v) is 13.2. The van der Waals surface area contributed by atoms with Crippen LogP contribution in [-0.4, -0.2) is 96.0 Å². The fourth-order valence-electron chi connectivity index (χ4n) is 8.39. The van der Waals surface area contributed by atoms with Gasteiger partial charge in [0.05, 0.1) is 6.61 Å². The molecule has 0 aromatic rings. The van der Waals surface area contributed by atoms with Gasteiger partial charge in [-0.15, -0.1) is 0 Å². The van der Waals surface area contributed by atoms with Gasteiger partial charge >= 0.3 is 11.9 Å². The zero-order valence-corrected chi connectivity index (χ0v) is 41.0. The van der Waals surface area contributed by atoms with E-state index in [-0.39, 0.29) is 19.4 Å². The van der Waals surface area contributed by atoms with Crippen LogP contribution in [0.1, 0.15) is 251 Å². The van der Waals surface area contributed by atoms with Gasteiger partial charge in [0.2, 0.25) is 0 Å². The lowest BCUT2D eigenvalue weighted by Gasteiger charge is -2.40. The number of esters is 2. The van der Waals surface area contributed by atoms with Crippen molar-refractivity contribution in [2.75, 3.05) is 19.0 Å². The highest BCUT2D eigenvalue weighted by Crippen LogP contribution is 2.24. The normalized spacial score (nSPS) is 19.6. The Hall–Kier alpha value is -1.35. The Morgan fingerprint density at radius 2 is 0.810 bits per heavy atom. The van der Waals surface area contributed by atoms with Crippen LogP contribution in [0.3, 0.4) is 0 Å². The van der Waals surface area contributed by atoms with Crippen LogP contribution in [0.15, 0.2) is 0 Å². The summed E-state index contributed by atoms with van der Waals surface area (Å²) < 4.78 is 54.2. The molecular weight excluding hydrogens is 825 g/mol. The quantitative estimate of drug-likeness (QED) is 0.0258. The zero-order chi connectivity index (χ0) is 46.2. The summed E-state index contributed by atoms with van der Waals surface area (Å²) in [7, 11) is -4.60. The number of ether oxygens (including phenoxy) is 4. The van der Waals surface area contributed by atoms with E-state index < -0.39 is 71.2 Å². The Bertz CT molecular complexity index is 1170. The van der Waals surface area contributed by atoms with E-state index in [0.717, 1.165) is 38.5 Å². The van der Waals surface area contributed by atoms with Crippen molar-refractivity contribution in [1.29, 1.82) is 0 Å². The Labute approximate surface area is 384 Å². The van der Waals surface area contributed by atoms with Crippen LogP contribution in [0, 0.1) is 0 Å². The molecule has 4 N–H and O–H groups in total. The molecule has 12 nitrogen and oxygen atoms in total. The smallest absolute Gasteiger partial charge is 0.306 e. The predicted molar refractivity (Wildman–Crippen MR) is 252 cm³/mol. The average Bonchev–Trinajstić information content (AvgIpc) is 3.25. The molecule has 13 heteroatoms. The topological polar surface area (TPSA) is 186 Å². The molecule has 0 saturated carbocycles. The van der Waals surface area contributed by atoms with E-state index in [2.05, 4.69) is 13.8 Å². The number of rotatable bonds is 45. The van der Waals surface area contributed by atoms with Gasteiger partial charge in [0.15, 0.2) is 12.4 Å². The van der Waals surface area contributed by atoms with Crippen molar-refractivity contribution >= 4 is 22.1 Å². The highest BCUT2D eigenvalue weighted by atomic mass is 32.2. The Morgan fingerprint density at radius 1 is 0.476 bits per heavy atom. The van der Waals surface area contributed by atoms with Gasteiger partial charge in [0, 0.05) is 12.8 Å². The second-order valence-electron chi connectivity index (χ2n) is 18.6. The van der Waals surface area contributed by atoms with Crippen molar-refractivity contribution in [2.24, 2.45) is 0 Å². The van der Waals surface area contributed by atoms with Gasteiger partial charge in [-0.1, -0.05) is 226 Å². The summed E-state index contributed by atoms with van der Waals surface area (Å²) in [6.07, 6.45) is 34.3. The number of aliphatic hydroxyl groups is 3. The van der Waals surface area contributed by atoms with Crippen LogP contribution in [0.25, 0.3) is 0 Å². The van der Waals surface area contributed by atoms with Crippen molar-refractivity contribution in [3.63, 3.8) is 0 Å². The summed E-state index contributed by atoms with van der Waals surface area (Å²) >= 11 is 0. The first-order chi connectivity index (χ1) is 30.5. The SMILES string of the molecule is CCCCCCCCCCCCCCCCCCCCCCC(=O)OC[C@H](CO[C@H]1O[C@H](CS(=O)(=O)O)[C@@H](O)C(O)C1O)OC(=O)CCCCCCCCCCCCCCCCC. The summed E-state index contributed by atoms with van der Waals surface area (Å²) in [4.78, 5) is 25.5. The van der Waals surface area contributed by atoms with Gasteiger partial charge in [-0.2, -0.15) is 8.42 Å². The molecule has 1 rings (SSSR count). The summed E-state index contributed by atoms with van der Waals surface area (Å²) in [5.74, 6) is -1.96. The monoisotopic (exact) mass is 921 g/mol. The first-order valence-electron chi connectivity index (χ1n) is 26.1. The van der Waals surface area contributed by atoms with E-state index in [1.54, 1.807) is 0 Å². The Balaban J connectivity index is 2.34. The van der Waals surface area contributed by atoms with Crippen molar-refractivity contribution in [2.45, 2.75) is 288 Å². The molecule has 0 aliphatic carbocycles. The van der Waals surface area contributed by atoms with Gasteiger partial charge < -0.3 is 34.3 Å². The number of carbonyl (C=O) groups is 2. The van der Waals surface area contributed by atoms with E-state index in [9.17, 15) is 37.9 Å². The van der Waals surface area contributed by atoms with Gasteiger partial charge in [0.25, 0.3) is 10.1 Å². The van der Waals surface area contributed by atoms with Gasteiger partial charge in [-0.3, -0.25) is 14.1 Å². The summed E-state index contributed by atoms with van der Waals surface area (Å²) in [5, 5.41) is 31.0. The highest BCUT2D eigenvalue weighted by molar-refractivity contribution is 7.85. The summed E-state index contributed by atoms with van der Waals surface area (Å²) in [5.41, 5.74) is 0. The van der Waals surface area contributed by atoms with Gasteiger partial charge in [-0.25, -0.2) is 0 Å². The van der Waals surface area contributed by atoms with Crippen molar-refractivity contribution in [1.82, 2.24) is 0 Å². The molecule has 0 radical (unpaired) electrons. The number of hydrogen-bond donors (Lipinski definition) is 4. The minimum absolute atomic E-state index is 0.173. The fourth-order valence-corrected chi connectivity index (χ4v) is 9.08. The molecule has 0 aromatic heterocycles. The molecule has 1 aliphatic heterocycles.